The van der Waals surface area contributed by atoms with Gasteiger partial charge in [0.1, 0.15) is 5.82 Å². The molecule has 2 amide bonds. The van der Waals surface area contributed by atoms with Crippen LogP contribution >= 0.6 is 11.6 Å². The van der Waals surface area contributed by atoms with E-state index in [1.54, 1.807) is 0 Å². The van der Waals surface area contributed by atoms with Crippen LogP contribution in [-0.2, 0) is 4.79 Å². The molecule has 0 aliphatic heterocycles. The molecule has 22 heavy (non-hydrogen) atoms. The van der Waals surface area contributed by atoms with Crippen molar-refractivity contribution in [3.63, 3.8) is 0 Å². The zero-order chi connectivity index (χ0) is 16.7. The molecule has 0 saturated carbocycles. The number of aliphatic hydroxyl groups is 1. The molecule has 0 spiro atoms. The van der Waals surface area contributed by atoms with Gasteiger partial charge < -0.3 is 15.7 Å². The van der Waals surface area contributed by atoms with Crippen molar-refractivity contribution in [3.8, 4) is 0 Å². The fraction of sp³-hybridized carbons (Fsp3) is 0.467. The number of carbonyl (C=O) groups is 2. The van der Waals surface area contributed by atoms with Crippen LogP contribution in [0.3, 0.4) is 0 Å². The second-order valence-electron chi connectivity index (χ2n) is 5.25. The first-order valence-corrected chi connectivity index (χ1v) is 7.37. The van der Waals surface area contributed by atoms with Gasteiger partial charge in [0.05, 0.1) is 16.7 Å². The quantitative estimate of drug-likeness (QED) is 0.712. The third-order valence-corrected chi connectivity index (χ3v) is 3.40. The molecule has 3 N–H and O–H groups in total. The second kappa shape index (κ2) is 8.70. The van der Waals surface area contributed by atoms with Gasteiger partial charge >= 0.3 is 0 Å². The van der Waals surface area contributed by atoms with Crippen molar-refractivity contribution in [1.82, 2.24) is 10.6 Å². The van der Waals surface area contributed by atoms with Gasteiger partial charge in [-0.1, -0.05) is 25.4 Å². The summed E-state index contributed by atoms with van der Waals surface area (Å²) < 4.78 is 12.9. The number of benzene rings is 1. The van der Waals surface area contributed by atoms with Crippen molar-refractivity contribution >= 4 is 23.4 Å². The average Bonchev–Trinajstić information content (AvgIpc) is 2.44. The molecule has 0 aromatic heterocycles. The normalized spacial score (nSPS) is 12.1. The van der Waals surface area contributed by atoms with Gasteiger partial charge in [0.2, 0.25) is 5.91 Å². The zero-order valence-corrected chi connectivity index (χ0v) is 13.3. The van der Waals surface area contributed by atoms with Gasteiger partial charge in [-0.2, -0.15) is 0 Å². The molecule has 0 saturated heterocycles. The van der Waals surface area contributed by atoms with Gasteiger partial charge in [-0.25, -0.2) is 4.39 Å². The summed E-state index contributed by atoms with van der Waals surface area (Å²) in [5.41, 5.74) is 0.152. The third kappa shape index (κ3) is 5.99. The van der Waals surface area contributed by atoms with Crippen LogP contribution in [0.15, 0.2) is 18.2 Å². The molecular formula is C15H20ClFN2O3. The number of nitrogens with one attached hydrogen (secondary N) is 2. The van der Waals surface area contributed by atoms with Crippen molar-refractivity contribution in [3.05, 3.63) is 34.6 Å². The zero-order valence-electron chi connectivity index (χ0n) is 12.5. The van der Waals surface area contributed by atoms with E-state index in [1.807, 2.05) is 13.8 Å². The minimum absolute atomic E-state index is 0.0157. The Hall–Kier alpha value is -1.66. The van der Waals surface area contributed by atoms with Crippen molar-refractivity contribution in [1.29, 1.82) is 0 Å². The summed E-state index contributed by atoms with van der Waals surface area (Å²) in [6.07, 6.45) is -0.522. The molecule has 0 radical (unpaired) electrons. The number of hydrogen-bond donors (Lipinski definition) is 3. The van der Waals surface area contributed by atoms with E-state index < -0.39 is 17.8 Å². The molecule has 5 nitrogen and oxygen atoms in total. The molecule has 0 aliphatic rings. The molecule has 0 fully saturated rings. The van der Waals surface area contributed by atoms with E-state index >= 15 is 0 Å². The van der Waals surface area contributed by atoms with E-state index in [9.17, 15) is 19.1 Å². The second-order valence-corrected chi connectivity index (χ2v) is 5.65. The van der Waals surface area contributed by atoms with Gasteiger partial charge in [0.25, 0.3) is 5.91 Å². The van der Waals surface area contributed by atoms with Crippen molar-refractivity contribution in [2.45, 2.75) is 26.4 Å². The lowest BCUT2D eigenvalue weighted by Crippen LogP contribution is -2.36. The highest BCUT2D eigenvalue weighted by atomic mass is 35.5. The number of rotatable bonds is 7. The first-order valence-electron chi connectivity index (χ1n) is 6.99. The van der Waals surface area contributed by atoms with E-state index in [1.165, 1.54) is 6.07 Å². The van der Waals surface area contributed by atoms with Crippen LogP contribution in [-0.4, -0.2) is 36.1 Å². The van der Waals surface area contributed by atoms with Crippen LogP contribution in [0.25, 0.3) is 0 Å². The first kappa shape index (κ1) is 18.4. The predicted molar refractivity (Wildman–Crippen MR) is 82.2 cm³/mol. The standard InChI is InChI=1S/C15H20ClFN2O3/c1-9(2)13(20)8-19-14(21)5-6-18-15(22)11-4-3-10(17)7-12(11)16/h3-4,7,9,13,20H,5-6,8H2,1-2H3,(H,18,22)(H,19,21). The van der Waals surface area contributed by atoms with Crippen LogP contribution in [0.1, 0.15) is 30.6 Å². The molecular weight excluding hydrogens is 311 g/mol. The molecule has 122 valence electrons. The van der Waals surface area contributed by atoms with Gasteiger partial charge in [-0.05, 0) is 24.1 Å². The Morgan fingerprint density at radius 1 is 1.32 bits per heavy atom. The molecule has 1 rings (SSSR count). The van der Waals surface area contributed by atoms with E-state index in [0.717, 1.165) is 12.1 Å². The SMILES string of the molecule is CC(C)C(O)CNC(=O)CCNC(=O)c1ccc(F)cc1Cl. The summed E-state index contributed by atoms with van der Waals surface area (Å²) in [5.74, 6) is -1.21. The number of amides is 2. The number of aliphatic hydroxyl groups excluding tert-OH is 1. The topological polar surface area (TPSA) is 78.4 Å². The Bertz CT molecular complexity index is 538. The maximum Gasteiger partial charge on any atom is 0.252 e. The van der Waals surface area contributed by atoms with Crippen molar-refractivity contribution in [2.75, 3.05) is 13.1 Å². The highest BCUT2D eigenvalue weighted by molar-refractivity contribution is 6.33. The Labute approximate surface area is 133 Å². The van der Waals surface area contributed by atoms with Crippen LogP contribution < -0.4 is 10.6 Å². The highest BCUT2D eigenvalue weighted by Crippen LogP contribution is 2.16. The number of hydrogen-bond acceptors (Lipinski definition) is 3. The van der Waals surface area contributed by atoms with Crippen molar-refractivity contribution in [2.24, 2.45) is 5.92 Å². The van der Waals surface area contributed by atoms with E-state index in [4.69, 9.17) is 11.6 Å². The largest absolute Gasteiger partial charge is 0.391 e. The predicted octanol–water partition coefficient (Wildman–Crippen LogP) is 1.73. The molecule has 7 heteroatoms. The summed E-state index contributed by atoms with van der Waals surface area (Å²) in [6, 6.07) is 3.48. The smallest absolute Gasteiger partial charge is 0.252 e. The monoisotopic (exact) mass is 330 g/mol. The van der Waals surface area contributed by atoms with Crippen LogP contribution in [0.4, 0.5) is 4.39 Å². The first-order chi connectivity index (χ1) is 10.3. The maximum absolute atomic E-state index is 12.9. The molecule has 0 aliphatic carbocycles. The molecule has 0 heterocycles. The highest BCUT2D eigenvalue weighted by Gasteiger charge is 2.13. The van der Waals surface area contributed by atoms with Crippen LogP contribution in [0.5, 0.6) is 0 Å². The number of carbonyl (C=O) groups excluding carboxylic acids is 2. The fourth-order valence-electron chi connectivity index (χ4n) is 1.60. The molecule has 1 unspecified atom stereocenters. The lowest BCUT2D eigenvalue weighted by atomic mass is 10.1. The molecule has 0 bridgehead atoms. The van der Waals surface area contributed by atoms with Crippen LogP contribution in [0.2, 0.25) is 5.02 Å². The molecule has 1 aromatic carbocycles. The van der Waals surface area contributed by atoms with Gasteiger partial charge in [0, 0.05) is 19.5 Å². The summed E-state index contributed by atoms with van der Waals surface area (Å²) >= 11 is 5.77. The Balaban J connectivity index is 2.34. The fourth-order valence-corrected chi connectivity index (χ4v) is 1.85. The Morgan fingerprint density at radius 2 is 2.00 bits per heavy atom. The average molecular weight is 331 g/mol. The number of halogens is 2. The Morgan fingerprint density at radius 3 is 2.59 bits per heavy atom. The van der Waals surface area contributed by atoms with Gasteiger partial charge in [0.15, 0.2) is 0 Å². The summed E-state index contributed by atoms with van der Waals surface area (Å²) in [6.45, 7) is 4.00. The van der Waals surface area contributed by atoms with Gasteiger partial charge in [-0.3, -0.25) is 9.59 Å². The summed E-state index contributed by atoms with van der Waals surface area (Å²) in [4.78, 5) is 23.4. The van der Waals surface area contributed by atoms with Crippen molar-refractivity contribution < 1.29 is 19.1 Å². The van der Waals surface area contributed by atoms with Crippen LogP contribution in [0, 0.1) is 11.7 Å². The summed E-state index contributed by atoms with van der Waals surface area (Å²) in [5, 5.41) is 14.7. The van der Waals surface area contributed by atoms with Gasteiger partial charge in [-0.15, -0.1) is 0 Å². The molecule has 1 atom stereocenters. The third-order valence-electron chi connectivity index (χ3n) is 3.09. The maximum atomic E-state index is 12.9. The molecule has 1 aromatic rings. The minimum Gasteiger partial charge on any atom is -0.391 e. The Kier molecular flexibility index (Phi) is 7.27. The minimum atomic E-state index is -0.600. The lowest BCUT2D eigenvalue weighted by Gasteiger charge is -2.15. The van der Waals surface area contributed by atoms with E-state index in [2.05, 4.69) is 10.6 Å². The van der Waals surface area contributed by atoms with E-state index in [0.29, 0.717) is 0 Å². The van der Waals surface area contributed by atoms with E-state index in [-0.39, 0.29) is 41.9 Å². The lowest BCUT2D eigenvalue weighted by molar-refractivity contribution is -0.121. The summed E-state index contributed by atoms with van der Waals surface area (Å²) in [7, 11) is 0.